The number of ether oxygens (including phenoxy) is 1. The van der Waals surface area contributed by atoms with Gasteiger partial charge in [-0.1, -0.05) is 34.6 Å². The van der Waals surface area contributed by atoms with Gasteiger partial charge >= 0.3 is 0 Å². The van der Waals surface area contributed by atoms with Crippen molar-refractivity contribution in [3.8, 4) is 0 Å². The van der Waals surface area contributed by atoms with Gasteiger partial charge in [-0.3, -0.25) is 9.59 Å². The van der Waals surface area contributed by atoms with Crippen LogP contribution in [-0.2, 0) is 14.3 Å². The van der Waals surface area contributed by atoms with E-state index in [0.29, 0.717) is 13.2 Å². The van der Waals surface area contributed by atoms with E-state index in [1.165, 1.54) is 0 Å². The molecule has 0 aliphatic carbocycles. The predicted molar refractivity (Wildman–Crippen MR) is 78.2 cm³/mol. The van der Waals surface area contributed by atoms with E-state index in [2.05, 4.69) is 19.2 Å². The van der Waals surface area contributed by atoms with Crippen molar-refractivity contribution in [3.05, 3.63) is 0 Å². The molecule has 1 rings (SSSR count). The van der Waals surface area contributed by atoms with Crippen molar-refractivity contribution < 1.29 is 14.3 Å². The Balaban J connectivity index is 2.79. The van der Waals surface area contributed by atoms with Crippen molar-refractivity contribution >= 4 is 11.8 Å². The van der Waals surface area contributed by atoms with Crippen LogP contribution in [0.25, 0.3) is 0 Å². The molecule has 0 spiro atoms. The monoisotopic (exact) mass is 284 g/mol. The SMILES string of the molecule is COCCC(C)(C)CN1CC(=O)NC(C(C)(C)C)C1=O. The Morgan fingerprint density at radius 2 is 1.85 bits per heavy atom. The van der Waals surface area contributed by atoms with Crippen LogP contribution in [0.2, 0.25) is 0 Å². The highest BCUT2D eigenvalue weighted by atomic mass is 16.5. The molecule has 1 atom stereocenters. The Morgan fingerprint density at radius 3 is 2.35 bits per heavy atom. The van der Waals surface area contributed by atoms with Crippen molar-refractivity contribution in [1.82, 2.24) is 10.2 Å². The highest BCUT2D eigenvalue weighted by Crippen LogP contribution is 2.27. The summed E-state index contributed by atoms with van der Waals surface area (Å²) in [5.74, 6) is -0.0605. The maximum atomic E-state index is 12.5. The van der Waals surface area contributed by atoms with Gasteiger partial charge in [-0.25, -0.2) is 0 Å². The molecule has 20 heavy (non-hydrogen) atoms. The maximum absolute atomic E-state index is 12.5. The van der Waals surface area contributed by atoms with Crippen molar-refractivity contribution in [3.63, 3.8) is 0 Å². The summed E-state index contributed by atoms with van der Waals surface area (Å²) in [4.78, 5) is 26.1. The molecule has 0 radical (unpaired) electrons. The van der Waals surface area contributed by atoms with Gasteiger partial charge in [0.05, 0.1) is 6.54 Å². The lowest BCUT2D eigenvalue weighted by atomic mass is 9.83. The fourth-order valence-corrected chi connectivity index (χ4v) is 2.40. The molecule has 0 aromatic rings. The summed E-state index contributed by atoms with van der Waals surface area (Å²) in [6, 6.07) is -0.443. The van der Waals surface area contributed by atoms with Gasteiger partial charge in [0.2, 0.25) is 11.8 Å². The van der Waals surface area contributed by atoms with Gasteiger partial charge in [-0.05, 0) is 17.3 Å². The van der Waals surface area contributed by atoms with Crippen LogP contribution >= 0.6 is 0 Å². The van der Waals surface area contributed by atoms with Crippen LogP contribution in [0.15, 0.2) is 0 Å². The number of hydrogen-bond donors (Lipinski definition) is 1. The van der Waals surface area contributed by atoms with Crippen molar-refractivity contribution in [1.29, 1.82) is 0 Å². The first-order valence-corrected chi connectivity index (χ1v) is 7.14. The predicted octanol–water partition coefficient (Wildman–Crippen LogP) is 1.42. The molecule has 5 nitrogen and oxygen atoms in total. The number of carbonyl (C=O) groups is 2. The Kier molecular flexibility index (Phi) is 5.19. The fourth-order valence-electron chi connectivity index (χ4n) is 2.40. The third-order valence-electron chi connectivity index (χ3n) is 3.67. The number of nitrogens with zero attached hydrogens (tertiary/aromatic N) is 1. The second-order valence-electron chi connectivity index (χ2n) is 7.47. The summed E-state index contributed by atoms with van der Waals surface area (Å²) in [6.45, 7) is 11.5. The van der Waals surface area contributed by atoms with Gasteiger partial charge in [0, 0.05) is 20.3 Å². The second kappa shape index (κ2) is 6.12. The Bertz CT molecular complexity index is 372. The normalized spacial score (nSPS) is 21.1. The summed E-state index contributed by atoms with van der Waals surface area (Å²) >= 11 is 0. The number of hydrogen-bond acceptors (Lipinski definition) is 3. The first-order chi connectivity index (χ1) is 9.07. The van der Waals surface area contributed by atoms with Crippen molar-refractivity contribution in [2.24, 2.45) is 10.8 Å². The van der Waals surface area contributed by atoms with E-state index in [0.717, 1.165) is 6.42 Å². The quantitative estimate of drug-likeness (QED) is 0.830. The van der Waals surface area contributed by atoms with Gasteiger partial charge in [-0.15, -0.1) is 0 Å². The van der Waals surface area contributed by atoms with Gasteiger partial charge in [0.25, 0.3) is 0 Å². The van der Waals surface area contributed by atoms with E-state index >= 15 is 0 Å². The standard InChI is InChI=1S/C15H28N2O3/c1-14(2,3)12-13(19)17(9-11(18)16-12)10-15(4,5)7-8-20-6/h12H,7-10H2,1-6H3,(H,16,18). The Hall–Kier alpha value is -1.10. The molecular weight excluding hydrogens is 256 g/mol. The number of nitrogens with one attached hydrogen (secondary N) is 1. The van der Waals surface area contributed by atoms with Crippen LogP contribution in [0.5, 0.6) is 0 Å². The third-order valence-corrected chi connectivity index (χ3v) is 3.67. The summed E-state index contributed by atoms with van der Waals surface area (Å²) in [5, 5.41) is 2.81. The molecule has 1 aliphatic rings. The topological polar surface area (TPSA) is 58.6 Å². The van der Waals surface area contributed by atoms with Crippen LogP contribution in [-0.4, -0.2) is 49.6 Å². The summed E-state index contributed by atoms with van der Waals surface area (Å²) in [5.41, 5.74) is -0.339. The number of rotatable bonds is 5. The molecular formula is C15H28N2O3. The molecule has 1 heterocycles. The Labute approximate surface area is 122 Å². The van der Waals surface area contributed by atoms with Crippen molar-refractivity contribution in [2.45, 2.75) is 47.1 Å². The zero-order chi connectivity index (χ0) is 15.6. The lowest BCUT2D eigenvalue weighted by molar-refractivity contribution is -0.148. The van der Waals surface area contributed by atoms with Crippen LogP contribution < -0.4 is 5.32 Å². The first-order valence-electron chi connectivity index (χ1n) is 7.14. The molecule has 0 aromatic heterocycles. The first kappa shape index (κ1) is 17.0. The van der Waals surface area contributed by atoms with Crippen LogP contribution in [0.3, 0.4) is 0 Å². The number of amides is 2. The highest BCUT2D eigenvalue weighted by Gasteiger charge is 2.41. The fraction of sp³-hybridized carbons (Fsp3) is 0.867. The van der Waals surface area contributed by atoms with Crippen molar-refractivity contribution in [2.75, 3.05) is 26.8 Å². The molecule has 1 N–H and O–H groups in total. The molecule has 1 aliphatic heterocycles. The van der Waals surface area contributed by atoms with Crippen LogP contribution in [0.1, 0.15) is 41.0 Å². The molecule has 0 aromatic carbocycles. The minimum Gasteiger partial charge on any atom is -0.385 e. The van der Waals surface area contributed by atoms with E-state index in [-0.39, 0.29) is 29.2 Å². The van der Waals surface area contributed by atoms with E-state index < -0.39 is 6.04 Å². The van der Waals surface area contributed by atoms with E-state index in [1.807, 2.05) is 20.8 Å². The van der Waals surface area contributed by atoms with Crippen LogP contribution in [0, 0.1) is 10.8 Å². The van der Waals surface area contributed by atoms with E-state index in [4.69, 9.17) is 4.74 Å². The highest BCUT2D eigenvalue weighted by molar-refractivity contribution is 5.95. The van der Waals surface area contributed by atoms with Gasteiger partial charge in [-0.2, -0.15) is 0 Å². The van der Waals surface area contributed by atoms with E-state index in [1.54, 1.807) is 12.0 Å². The van der Waals surface area contributed by atoms with Crippen LogP contribution in [0.4, 0.5) is 0 Å². The molecule has 1 unspecified atom stereocenters. The number of methoxy groups -OCH3 is 1. The van der Waals surface area contributed by atoms with Gasteiger partial charge < -0.3 is 15.0 Å². The maximum Gasteiger partial charge on any atom is 0.246 e. The summed E-state index contributed by atoms with van der Waals surface area (Å²) in [6.07, 6.45) is 0.856. The molecule has 116 valence electrons. The van der Waals surface area contributed by atoms with E-state index in [9.17, 15) is 9.59 Å². The second-order valence-corrected chi connectivity index (χ2v) is 7.47. The largest absolute Gasteiger partial charge is 0.385 e. The molecule has 1 saturated heterocycles. The molecule has 0 saturated carbocycles. The number of piperazine rings is 1. The molecule has 0 bridgehead atoms. The zero-order valence-electron chi connectivity index (χ0n) is 13.6. The minimum atomic E-state index is -0.443. The lowest BCUT2D eigenvalue weighted by Gasteiger charge is -2.41. The smallest absolute Gasteiger partial charge is 0.246 e. The average Bonchev–Trinajstić information content (AvgIpc) is 2.29. The molecule has 2 amide bonds. The molecule has 5 heteroatoms. The number of carbonyl (C=O) groups excluding carboxylic acids is 2. The minimum absolute atomic E-state index is 0.0163. The van der Waals surface area contributed by atoms with Gasteiger partial charge in [0.1, 0.15) is 6.04 Å². The third kappa shape index (κ3) is 4.47. The summed E-state index contributed by atoms with van der Waals surface area (Å²) < 4.78 is 5.11. The zero-order valence-corrected chi connectivity index (χ0v) is 13.6. The molecule has 1 fully saturated rings. The lowest BCUT2D eigenvalue weighted by Crippen LogP contribution is -2.63. The summed E-state index contributed by atoms with van der Waals surface area (Å²) in [7, 11) is 1.67. The van der Waals surface area contributed by atoms with Gasteiger partial charge in [0.15, 0.2) is 0 Å². The average molecular weight is 284 g/mol. The Morgan fingerprint density at radius 1 is 1.25 bits per heavy atom.